The van der Waals surface area contributed by atoms with Gasteiger partial charge in [0.25, 0.3) is 0 Å². The minimum Gasteiger partial charge on any atom is -0.365 e. The van der Waals surface area contributed by atoms with Gasteiger partial charge in [0.15, 0.2) is 0 Å². The Balaban J connectivity index is 1.29. The number of aryl methyl sites for hydroxylation is 2. The molecule has 2 fully saturated rings. The van der Waals surface area contributed by atoms with Crippen molar-refractivity contribution >= 4 is 0 Å². The van der Waals surface area contributed by atoms with Gasteiger partial charge in [-0.05, 0) is 96.6 Å². The van der Waals surface area contributed by atoms with Gasteiger partial charge in [0.1, 0.15) is 0 Å². The molecule has 0 bridgehead atoms. The van der Waals surface area contributed by atoms with Gasteiger partial charge in [-0.15, -0.1) is 0 Å². The van der Waals surface area contributed by atoms with Gasteiger partial charge < -0.3 is 4.74 Å². The van der Waals surface area contributed by atoms with E-state index in [1.165, 1.54) is 97.6 Å². The molecular formula is C46H60N2O. The lowest BCUT2D eigenvalue weighted by molar-refractivity contribution is -0.0905. The molecule has 0 spiro atoms. The first-order valence-corrected chi connectivity index (χ1v) is 19.8. The van der Waals surface area contributed by atoms with Crippen LogP contribution in [-0.4, -0.2) is 9.97 Å². The van der Waals surface area contributed by atoms with Crippen molar-refractivity contribution in [1.29, 1.82) is 0 Å². The fourth-order valence-electron chi connectivity index (χ4n) is 8.63. The van der Waals surface area contributed by atoms with E-state index < -0.39 is 0 Å². The molecule has 0 aliphatic heterocycles. The number of hydrogen-bond acceptors (Lipinski definition) is 3. The largest absolute Gasteiger partial charge is 0.365 e. The summed E-state index contributed by atoms with van der Waals surface area (Å²) in [7, 11) is 0. The van der Waals surface area contributed by atoms with E-state index in [1.807, 2.05) is 12.4 Å². The highest BCUT2D eigenvalue weighted by Crippen LogP contribution is 2.47. The van der Waals surface area contributed by atoms with Crippen LogP contribution >= 0.6 is 0 Å². The average Bonchev–Trinajstić information content (AvgIpc) is 3.17. The van der Waals surface area contributed by atoms with Crippen molar-refractivity contribution in [3.63, 3.8) is 0 Å². The van der Waals surface area contributed by atoms with Gasteiger partial charge in [-0.1, -0.05) is 140 Å². The highest BCUT2D eigenvalue weighted by molar-refractivity contribution is 5.60. The highest BCUT2D eigenvalue weighted by Gasteiger charge is 2.35. The highest BCUT2D eigenvalue weighted by atomic mass is 16.5. The molecule has 49 heavy (non-hydrogen) atoms. The number of ether oxygens (including phenoxy) is 1. The standard InChI is InChI=1S/C46H60N2O/c1-5-9-35-15-29-43(47-31-35)37-21-25-41(26-22-37)45(39-17-11-33(7-3)12-18-39)49-46(40-19-13-34(8-4)14-20-40)42-27-23-38(24-28-42)44-30-16-36(10-6-2)32-48-44/h15-16,21-34,39-40,45-46H,5-14,17-20H2,1-4H3. The summed E-state index contributed by atoms with van der Waals surface area (Å²) in [4.78, 5) is 9.64. The zero-order valence-electron chi connectivity index (χ0n) is 30.7. The molecule has 2 aromatic carbocycles. The molecular weight excluding hydrogens is 597 g/mol. The number of hydrogen-bond donors (Lipinski definition) is 0. The third-order valence-corrected chi connectivity index (χ3v) is 11.9. The van der Waals surface area contributed by atoms with Crippen molar-refractivity contribution in [3.8, 4) is 22.5 Å². The molecule has 3 nitrogen and oxygen atoms in total. The van der Waals surface area contributed by atoms with Gasteiger partial charge >= 0.3 is 0 Å². The van der Waals surface area contributed by atoms with Gasteiger partial charge in [0.05, 0.1) is 23.6 Å². The SMILES string of the molecule is CCCc1ccc(-c2ccc(C(OC(c3ccc(-c4ccc(CCC)cn4)cc3)C3CCC(CC)CC3)C3CCC(CC)CC3)cc2)nc1. The van der Waals surface area contributed by atoms with Gasteiger partial charge in [-0.2, -0.15) is 0 Å². The lowest BCUT2D eigenvalue weighted by Gasteiger charge is -2.40. The van der Waals surface area contributed by atoms with Gasteiger partial charge in [-0.25, -0.2) is 0 Å². The van der Waals surface area contributed by atoms with E-state index in [4.69, 9.17) is 14.7 Å². The topological polar surface area (TPSA) is 35.0 Å². The van der Waals surface area contributed by atoms with Crippen LogP contribution in [0.1, 0.15) is 139 Å². The Hall–Kier alpha value is -3.30. The minimum absolute atomic E-state index is 0.0908. The first kappa shape index (κ1) is 35.5. The second-order valence-electron chi connectivity index (χ2n) is 15.2. The third kappa shape index (κ3) is 9.09. The summed E-state index contributed by atoms with van der Waals surface area (Å²) in [5.74, 6) is 2.80. The Morgan fingerprint density at radius 2 is 0.898 bits per heavy atom. The van der Waals surface area contributed by atoms with Crippen molar-refractivity contribution in [2.75, 3.05) is 0 Å². The molecule has 2 aliphatic rings. The Morgan fingerprint density at radius 1 is 0.510 bits per heavy atom. The van der Waals surface area contributed by atoms with Crippen molar-refractivity contribution in [3.05, 3.63) is 107 Å². The molecule has 2 aliphatic carbocycles. The third-order valence-electron chi connectivity index (χ3n) is 11.9. The first-order chi connectivity index (χ1) is 24.1. The summed E-state index contributed by atoms with van der Waals surface area (Å²) >= 11 is 0. The van der Waals surface area contributed by atoms with E-state index in [1.54, 1.807) is 0 Å². The summed E-state index contributed by atoms with van der Waals surface area (Å²) in [6.07, 6.45) is 21.6. The maximum atomic E-state index is 7.58. The zero-order chi connectivity index (χ0) is 34.0. The van der Waals surface area contributed by atoms with Crippen molar-refractivity contribution < 1.29 is 4.74 Å². The maximum absolute atomic E-state index is 7.58. The second-order valence-corrected chi connectivity index (χ2v) is 15.2. The van der Waals surface area contributed by atoms with Crippen LogP contribution in [0.15, 0.2) is 85.2 Å². The van der Waals surface area contributed by atoms with Crippen LogP contribution in [0, 0.1) is 23.7 Å². The Labute approximate surface area is 297 Å². The molecule has 0 N–H and O–H groups in total. The van der Waals surface area contributed by atoms with E-state index in [0.717, 1.165) is 48.9 Å². The number of pyridine rings is 2. The molecule has 6 rings (SSSR count). The number of nitrogens with zero attached hydrogens (tertiary/aromatic N) is 2. The van der Waals surface area contributed by atoms with Gasteiger partial charge in [0.2, 0.25) is 0 Å². The fraction of sp³-hybridized carbons (Fsp3) is 0.522. The molecule has 2 aromatic heterocycles. The van der Waals surface area contributed by atoms with Crippen molar-refractivity contribution in [1.82, 2.24) is 9.97 Å². The number of aromatic nitrogens is 2. The molecule has 0 amide bonds. The Bertz CT molecular complexity index is 1410. The summed E-state index contributed by atoms with van der Waals surface area (Å²) in [5, 5.41) is 0. The van der Waals surface area contributed by atoms with Crippen LogP contribution in [0.5, 0.6) is 0 Å². The van der Waals surface area contributed by atoms with Gasteiger partial charge in [-0.3, -0.25) is 9.97 Å². The van der Waals surface area contributed by atoms with Gasteiger partial charge in [0, 0.05) is 23.5 Å². The smallest absolute Gasteiger partial charge is 0.0861 e. The molecule has 260 valence electrons. The minimum atomic E-state index is 0.0908. The van der Waals surface area contributed by atoms with Crippen LogP contribution in [0.25, 0.3) is 22.5 Å². The van der Waals surface area contributed by atoms with Crippen LogP contribution < -0.4 is 0 Å². The van der Waals surface area contributed by atoms with E-state index in [-0.39, 0.29) is 12.2 Å². The zero-order valence-corrected chi connectivity index (χ0v) is 30.7. The monoisotopic (exact) mass is 656 g/mol. The number of rotatable bonds is 14. The summed E-state index contributed by atoms with van der Waals surface area (Å²) in [5.41, 5.74) is 9.74. The maximum Gasteiger partial charge on any atom is 0.0861 e. The molecule has 2 unspecified atom stereocenters. The molecule has 2 heterocycles. The Morgan fingerprint density at radius 3 is 1.20 bits per heavy atom. The van der Waals surface area contributed by atoms with Crippen LogP contribution in [0.3, 0.4) is 0 Å². The normalized spacial score (nSPS) is 22.4. The predicted molar refractivity (Wildman–Crippen MR) is 205 cm³/mol. The van der Waals surface area contributed by atoms with Crippen LogP contribution in [-0.2, 0) is 17.6 Å². The molecule has 4 aromatic rings. The fourth-order valence-corrected chi connectivity index (χ4v) is 8.63. The van der Waals surface area contributed by atoms with Crippen molar-refractivity contribution in [2.45, 2.75) is 130 Å². The van der Waals surface area contributed by atoms with E-state index in [2.05, 4.69) is 100 Å². The second kappa shape index (κ2) is 17.6. The van der Waals surface area contributed by atoms with E-state index in [9.17, 15) is 0 Å². The quantitative estimate of drug-likeness (QED) is 0.135. The Kier molecular flexibility index (Phi) is 12.7. The average molecular weight is 657 g/mol. The summed E-state index contributed by atoms with van der Waals surface area (Å²) < 4.78 is 7.58. The van der Waals surface area contributed by atoms with Crippen LogP contribution in [0.4, 0.5) is 0 Å². The van der Waals surface area contributed by atoms with Crippen LogP contribution in [0.2, 0.25) is 0 Å². The molecule has 2 saturated carbocycles. The number of benzene rings is 2. The summed E-state index contributed by atoms with van der Waals surface area (Å²) in [6.45, 7) is 9.17. The molecule has 3 heteroatoms. The molecule has 0 radical (unpaired) electrons. The van der Waals surface area contributed by atoms with Crippen molar-refractivity contribution in [2.24, 2.45) is 23.7 Å². The predicted octanol–water partition coefficient (Wildman–Crippen LogP) is 12.9. The van der Waals surface area contributed by atoms with E-state index >= 15 is 0 Å². The summed E-state index contributed by atoms with van der Waals surface area (Å²) in [6, 6.07) is 27.3. The first-order valence-electron chi connectivity index (χ1n) is 19.8. The lowest BCUT2D eigenvalue weighted by Crippen LogP contribution is -2.28. The van der Waals surface area contributed by atoms with E-state index in [0.29, 0.717) is 11.8 Å². The molecule has 2 atom stereocenters. The molecule has 0 saturated heterocycles. The lowest BCUT2D eigenvalue weighted by atomic mass is 9.75.